The lowest BCUT2D eigenvalue weighted by atomic mass is 9.78. The number of ether oxygens (including phenoxy) is 1. The van der Waals surface area contributed by atoms with Crippen LogP contribution in [0.1, 0.15) is 25.0 Å². The van der Waals surface area contributed by atoms with E-state index in [0.717, 1.165) is 28.4 Å². The van der Waals surface area contributed by atoms with Crippen LogP contribution in [-0.2, 0) is 11.3 Å². The Kier molecular flexibility index (Phi) is 4.01. The topological polar surface area (TPSA) is 21.7 Å². The van der Waals surface area contributed by atoms with Gasteiger partial charge in [0, 0.05) is 22.4 Å². The summed E-state index contributed by atoms with van der Waals surface area (Å²) in [4.78, 5) is 6.34. The van der Waals surface area contributed by atoms with Crippen LogP contribution in [0, 0.1) is 5.41 Å². The van der Waals surface area contributed by atoms with Crippen molar-refractivity contribution in [3.63, 3.8) is 0 Å². The number of benzene rings is 2. The van der Waals surface area contributed by atoms with Crippen LogP contribution in [0.2, 0.25) is 5.02 Å². The van der Waals surface area contributed by atoms with E-state index >= 15 is 0 Å². The van der Waals surface area contributed by atoms with Gasteiger partial charge in [0.25, 0.3) is 0 Å². The summed E-state index contributed by atoms with van der Waals surface area (Å²) in [6.45, 7) is 4.54. The van der Waals surface area contributed by atoms with E-state index in [2.05, 4.69) is 37.1 Å². The molecule has 1 saturated heterocycles. The fraction of sp³-hybridized carbons (Fsp3) is 0.333. The molecule has 4 rings (SSSR count). The summed E-state index contributed by atoms with van der Waals surface area (Å²) in [5, 5.41) is 2.83. The average Bonchev–Trinajstić information content (AvgIpc) is 3.09. The van der Waals surface area contributed by atoms with E-state index in [-0.39, 0.29) is 11.5 Å². The Bertz CT molecular complexity index is 813. The Morgan fingerprint density at radius 3 is 2.68 bits per heavy atom. The van der Waals surface area contributed by atoms with Crippen LogP contribution >= 0.6 is 11.6 Å². The molecule has 0 radical (unpaired) electrons. The van der Waals surface area contributed by atoms with Crippen LogP contribution in [0.4, 0.5) is 5.69 Å². The summed E-state index contributed by atoms with van der Waals surface area (Å²) in [5.74, 6) is 0.944. The fourth-order valence-corrected chi connectivity index (χ4v) is 3.93. The first-order chi connectivity index (χ1) is 12.0. The molecule has 0 bridgehead atoms. The van der Waals surface area contributed by atoms with E-state index in [1.54, 1.807) is 7.11 Å². The number of anilines is 1. The SMILES string of the molecule is COc1cccc2c1CC1N2OC(C=Cc2ccc(Cl)cc2)C1(C)C. The molecule has 2 unspecified atom stereocenters. The van der Waals surface area contributed by atoms with Gasteiger partial charge in [-0.25, -0.2) is 5.06 Å². The second-order valence-electron chi connectivity index (χ2n) is 7.26. The highest BCUT2D eigenvalue weighted by atomic mass is 35.5. The zero-order chi connectivity index (χ0) is 17.6. The van der Waals surface area contributed by atoms with Crippen molar-refractivity contribution < 1.29 is 9.57 Å². The summed E-state index contributed by atoms with van der Waals surface area (Å²) in [6, 6.07) is 14.3. The van der Waals surface area contributed by atoms with Crippen molar-refractivity contribution in [1.29, 1.82) is 0 Å². The molecule has 2 aromatic carbocycles. The molecule has 2 atom stereocenters. The third-order valence-corrected chi connectivity index (χ3v) is 5.65. The minimum Gasteiger partial charge on any atom is -0.496 e. The fourth-order valence-electron chi connectivity index (χ4n) is 3.80. The molecule has 1 fully saturated rings. The highest BCUT2D eigenvalue weighted by molar-refractivity contribution is 6.30. The molecule has 3 nitrogen and oxygen atoms in total. The molecule has 25 heavy (non-hydrogen) atoms. The Morgan fingerprint density at radius 1 is 1.20 bits per heavy atom. The van der Waals surface area contributed by atoms with Gasteiger partial charge in [-0.1, -0.05) is 55.8 Å². The number of fused-ring (bicyclic) bond motifs is 3. The number of halogens is 1. The van der Waals surface area contributed by atoms with Crippen molar-refractivity contribution in [2.24, 2.45) is 5.41 Å². The zero-order valence-electron chi connectivity index (χ0n) is 14.7. The molecule has 0 aliphatic carbocycles. The Balaban J connectivity index is 1.60. The quantitative estimate of drug-likeness (QED) is 0.761. The van der Waals surface area contributed by atoms with Crippen molar-refractivity contribution in [3.8, 4) is 5.75 Å². The van der Waals surface area contributed by atoms with Crippen LogP contribution < -0.4 is 9.80 Å². The average molecular weight is 356 g/mol. The first-order valence-corrected chi connectivity index (χ1v) is 8.94. The van der Waals surface area contributed by atoms with Crippen LogP contribution in [0.3, 0.4) is 0 Å². The number of methoxy groups -OCH3 is 1. The Labute approximate surface area is 153 Å². The van der Waals surface area contributed by atoms with E-state index in [0.29, 0.717) is 6.04 Å². The molecule has 130 valence electrons. The molecule has 0 saturated carbocycles. The van der Waals surface area contributed by atoms with Gasteiger partial charge in [-0.2, -0.15) is 0 Å². The zero-order valence-corrected chi connectivity index (χ0v) is 15.5. The molecule has 4 heteroatoms. The van der Waals surface area contributed by atoms with Gasteiger partial charge >= 0.3 is 0 Å². The van der Waals surface area contributed by atoms with E-state index < -0.39 is 0 Å². The summed E-state index contributed by atoms with van der Waals surface area (Å²) in [5.41, 5.74) is 3.48. The summed E-state index contributed by atoms with van der Waals surface area (Å²) < 4.78 is 5.53. The lowest BCUT2D eigenvalue weighted by molar-refractivity contribution is 0.0849. The van der Waals surface area contributed by atoms with Crippen molar-refractivity contribution >= 4 is 23.4 Å². The highest BCUT2D eigenvalue weighted by Gasteiger charge is 2.52. The van der Waals surface area contributed by atoms with Gasteiger partial charge in [0.2, 0.25) is 0 Å². The van der Waals surface area contributed by atoms with Crippen molar-refractivity contribution in [2.45, 2.75) is 32.4 Å². The number of rotatable bonds is 3. The molecule has 0 N–H and O–H groups in total. The summed E-state index contributed by atoms with van der Waals surface area (Å²) in [7, 11) is 1.72. The second kappa shape index (κ2) is 6.08. The van der Waals surface area contributed by atoms with Gasteiger partial charge in [-0.15, -0.1) is 0 Å². The Morgan fingerprint density at radius 2 is 1.96 bits per heavy atom. The molecule has 2 aliphatic rings. The standard InChI is InChI=1S/C21H22ClNO2/c1-21(2)19-13-16-17(5-4-6-18(16)24-3)23(19)25-20(21)12-9-14-7-10-15(22)11-8-14/h4-12,19-20H,13H2,1-3H3. The number of hydrogen-bond donors (Lipinski definition) is 0. The van der Waals surface area contributed by atoms with Crippen LogP contribution in [0.5, 0.6) is 5.75 Å². The van der Waals surface area contributed by atoms with Gasteiger partial charge in [0.05, 0.1) is 18.8 Å². The van der Waals surface area contributed by atoms with Gasteiger partial charge in [0.15, 0.2) is 0 Å². The molecule has 2 aromatic rings. The van der Waals surface area contributed by atoms with Crippen molar-refractivity contribution in [3.05, 3.63) is 64.7 Å². The number of hydrogen-bond acceptors (Lipinski definition) is 3. The van der Waals surface area contributed by atoms with Crippen LogP contribution in [-0.4, -0.2) is 19.3 Å². The first kappa shape index (κ1) is 16.5. The maximum atomic E-state index is 6.34. The lowest BCUT2D eigenvalue weighted by Crippen LogP contribution is -2.36. The van der Waals surface area contributed by atoms with Crippen LogP contribution in [0.15, 0.2) is 48.5 Å². The third kappa shape index (κ3) is 2.72. The maximum Gasteiger partial charge on any atom is 0.124 e. The normalized spacial score (nSPS) is 23.8. The van der Waals surface area contributed by atoms with E-state index in [1.807, 2.05) is 36.4 Å². The molecule has 0 aromatic heterocycles. The first-order valence-electron chi connectivity index (χ1n) is 8.56. The largest absolute Gasteiger partial charge is 0.496 e. The monoisotopic (exact) mass is 355 g/mol. The molecular weight excluding hydrogens is 334 g/mol. The van der Waals surface area contributed by atoms with E-state index in [9.17, 15) is 0 Å². The van der Waals surface area contributed by atoms with E-state index in [1.165, 1.54) is 5.56 Å². The van der Waals surface area contributed by atoms with Gasteiger partial charge in [-0.05, 0) is 29.8 Å². The molecular formula is C21H22ClNO2. The predicted molar refractivity (Wildman–Crippen MR) is 102 cm³/mol. The third-order valence-electron chi connectivity index (χ3n) is 5.40. The molecule has 0 amide bonds. The number of hydroxylamine groups is 1. The summed E-state index contributed by atoms with van der Waals surface area (Å²) >= 11 is 5.96. The highest BCUT2D eigenvalue weighted by Crippen LogP contribution is 2.50. The molecule has 2 aliphatic heterocycles. The molecule has 2 heterocycles. The second-order valence-corrected chi connectivity index (χ2v) is 7.70. The summed E-state index contributed by atoms with van der Waals surface area (Å²) in [6.07, 6.45) is 5.23. The van der Waals surface area contributed by atoms with Crippen LogP contribution in [0.25, 0.3) is 6.08 Å². The minimum absolute atomic E-state index is 0.00699. The predicted octanol–water partition coefficient (Wildman–Crippen LogP) is 5.13. The number of nitrogens with zero attached hydrogens (tertiary/aromatic N) is 1. The van der Waals surface area contributed by atoms with Crippen molar-refractivity contribution in [2.75, 3.05) is 12.2 Å². The lowest BCUT2D eigenvalue weighted by Gasteiger charge is -2.26. The van der Waals surface area contributed by atoms with E-state index in [4.69, 9.17) is 21.2 Å². The van der Waals surface area contributed by atoms with Crippen molar-refractivity contribution in [1.82, 2.24) is 0 Å². The Hall–Kier alpha value is -1.97. The van der Waals surface area contributed by atoms with Gasteiger partial charge in [0.1, 0.15) is 11.9 Å². The maximum absolute atomic E-state index is 6.34. The molecule has 0 spiro atoms. The van der Waals surface area contributed by atoms with Gasteiger partial charge < -0.3 is 4.74 Å². The smallest absolute Gasteiger partial charge is 0.124 e. The minimum atomic E-state index is -0.00699. The van der Waals surface area contributed by atoms with Gasteiger partial charge in [-0.3, -0.25) is 4.84 Å².